The first-order chi connectivity index (χ1) is 13.6. The summed E-state index contributed by atoms with van der Waals surface area (Å²) in [6.45, 7) is 2.40. The van der Waals surface area contributed by atoms with Crippen molar-refractivity contribution >= 4 is 0 Å². The predicted octanol–water partition coefficient (Wildman–Crippen LogP) is 3.25. The highest BCUT2D eigenvalue weighted by atomic mass is 16.5. The van der Waals surface area contributed by atoms with Gasteiger partial charge in [0.05, 0.1) is 31.2 Å². The first-order valence-electron chi connectivity index (χ1n) is 9.13. The summed E-state index contributed by atoms with van der Waals surface area (Å²) in [6.07, 6.45) is 4.55. The number of nitrogens with zero attached hydrogens (tertiary/aromatic N) is 5. The molecule has 0 aliphatic heterocycles. The maximum atomic E-state index is 9.20. The molecular formula is C21H21N5O2. The van der Waals surface area contributed by atoms with Crippen LogP contribution in [0.5, 0.6) is 11.6 Å². The van der Waals surface area contributed by atoms with E-state index in [0.717, 1.165) is 29.1 Å². The maximum absolute atomic E-state index is 9.20. The molecule has 0 N–H and O–H groups in total. The Morgan fingerprint density at radius 2 is 2.07 bits per heavy atom. The number of nitriles is 1. The minimum atomic E-state index is 0.400. The van der Waals surface area contributed by atoms with E-state index < -0.39 is 0 Å². The van der Waals surface area contributed by atoms with Crippen molar-refractivity contribution in [3.63, 3.8) is 0 Å². The van der Waals surface area contributed by atoms with Gasteiger partial charge in [-0.25, -0.2) is 4.98 Å². The molecule has 3 heterocycles. The van der Waals surface area contributed by atoms with E-state index in [-0.39, 0.29) is 0 Å². The number of aryl methyl sites for hydroxylation is 1. The van der Waals surface area contributed by atoms with Crippen molar-refractivity contribution < 1.29 is 9.47 Å². The van der Waals surface area contributed by atoms with E-state index in [9.17, 15) is 5.26 Å². The van der Waals surface area contributed by atoms with Gasteiger partial charge in [-0.15, -0.1) is 0 Å². The molecule has 142 valence electrons. The van der Waals surface area contributed by atoms with E-state index in [2.05, 4.69) is 21.0 Å². The number of aromatic nitrogens is 4. The van der Waals surface area contributed by atoms with Crippen molar-refractivity contribution in [3.05, 3.63) is 53.9 Å². The molecule has 3 aromatic rings. The average Bonchev–Trinajstić information content (AvgIpc) is 3.41. The molecule has 0 spiro atoms. The van der Waals surface area contributed by atoms with Crippen LogP contribution in [0.15, 0.2) is 36.7 Å². The second kappa shape index (κ2) is 7.31. The van der Waals surface area contributed by atoms with Gasteiger partial charge in [-0.2, -0.15) is 10.2 Å². The largest absolute Gasteiger partial charge is 0.495 e. The molecule has 0 radical (unpaired) electrons. The lowest BCUT2D eigenvalue weighted by molar-refractivity contribution is 0.285. The summed E-state index contributed by atoms with van der Waals surface area (Å²) in [4.78, 5) is 13.3. The van der Waals surface area contributed by atoms with Crippen LogP contribution in [0.4, 0.5) is 0 Å². The van der Waals surface area contributed by atoms with Crippen LogP contribution in [0.2, 0.25) is 0 Å². The highest BCUT2D eigenvalue weighted by Crippen LogP contribution is 2.47. The molecule has 7 nitrogen and oxygen atoms in total. The summed E-state index contributed by atoms with van der Waals surface area (Å²) < 4.78 is 13.1. The molecule has 28 heavy (non-hydrogen) atoms. The van der Waals surface area contributed by atoms with E-state index in [1.807, 2.05) is 36.7 Å². The number of ether oxygens (including phenoxy) is 2. The number of rotatable bonds is 6. The van der Waals surface area contributed by atoms with Gasteiger partial charge >= 0.3 is 0 Å². The van der Waals surface area contributed by atoms with Crippen LogP contribution in [-0.4, -0.2) is 33.2 Å². The number of pyridine rings is 1. The Kier molecular flexibility index (Phi) is 4.70. The molecule has 1 fully saturated rings. The number of methoxy groups -OCH3 is 1. The first kappa shape index (κ1) is 18.0. The van der Waals surface area contributed by atoms with Gasteiger partial charge in [0.15, 0.2) is 0 Å². The molecular weight excluding hydrogens is 354 g/mol. The van der Waals surface area contributed by atoms with E-state index in [0.29, 0.717) is 35.8 Å². The second-order valence-corrected chi connectivity index (χ2v) is 6.95. The normalized spacial score (nSPS) is 17.8. The van der Waals surface area contributed by atoms with Crippen molar-refractivity contribution in [1.82, 2.24) is 19.5 Å². The highest BCUT2D eigenvalue weighted by molar-refractivity contribution is 5.66. The van der Waals surface area contributed by atoms with Gasteiger partial charge in [0.25, 0.3) is 0 Å². The molecule has 1 aliphatic rings. The molecule has 1 aliphatic carbocycles. The summed E-state index contributed by atoms with van der Waals surface area (Å²) in [5.41, 5.74) is 3.29. The maximum Gasteiger partial charge on any atom is 0.226 e. The topological polar surface area (TPSA) is 85.9 Å². The van der Waals surface area contributed by atoms with Gasteiger partial charge in [0.1, 0.15) is 23.3 Å². The Hall–Kier alpha value is -3.40. The van der Waals surface area contributed by atoms with Gasteiger partial charge in [0, 0.05) is 30.8 Å². The minimum absolute atomic E-state index is 0.400. The molecule has 0 bridgehead atoms. The van der Waals surface area contributed by atoms with Crippen molar-refractivity contribution in [2.45, 2.75) is 19.3 Å². The van der Waals surface area contributed by atoms with Crippen LogP contribution in [-0.2, 0) is 7.05 Å². The van der Waals surface area contributed by atoms with Crippen LogP contribution >= 0.6 is 0 Å². The van der Waals surface area contributed by atoms with Crippen LogP contribution in [0, 0.1) is 24.2 Å². The average molecular weight is 375 g/mol. The molecule has 4 rings (SSSR count). The van der Waals surface area contributed by atoms with Crippen LogP contribution in [0.25, 0.3) is 11.3 Å². The predicted molar refractivity (Wildman–Crippen MR) is 103 cm³/mol. The van der Waals surface area contributed by atoms with Gasteiger partial charge < -0.3 is 14.0 Å². The monoisotopic (exact) mass is 375 g/mol. The zero-order valence-corrected chi connectivity index (χ0v) is 16.1. The fourth-order valence-corrected chi connectivity index (χ4v) is 3.34. The third-order valence-corrected chi connectivity index (χ3v) is 5.12. The molecule has 0 amide bonds. The Balaban J connectivity index is 1.49. The van der Waals surface area contributed by atoms with Crippen molar-refractivity contribution in [3.8, 4) is 29.0 Å². The van der Waals surface area contributed by atoms with Gasteiger partial charge in [0.2, 0.25) is 5.88 Å². The van der Waals surface area contributed by atoms with E-state index >= 15 is 0 Å². The third kappa shape index (κ3) is 3.41. The summed E-state index contributed by atoms with van der Waals surface area (Å²) in [7, 11) is 3.49. The molecule has 1 saturated carbocycles. The third-order valence-electron chi connectivity index (χ3n) is 5.12. The quantitative estimate of drug-likeness (QED) is 0.657. The Morgan fingerprint density at radius 1 is 1.21 bits per heavy atom. The van der Waals surface area contributed by atoms with Gasteiger partial charge in [-0.3, -0.25) is 4.98 Å². The standard InChI is InChI=1S/C21H21N5O2/c1-13-23-11-18(20-7-4-15(9-22)26(20)2)21(25-13)28-12-14-8-17(14)19-6-5-16(27-3)10-24-19/h4-7,10-11,14,17H,8,12H2,1-3H3. The lowest BCUT2D eigenvalue weighted by atomic mass is 10.2. The summed E-state index contributed by atoms with van der Waals surface area (Å²) in [5, 5.41) is 9.20. The van der Waals surface area contributed by atoms with Crippen molar-refractivity contribution in [1.29, 1.82) is 5.26 Å². The van der Waals surface area contributed by atoms with E-state index in [4.69, 9.17) is 9.47 Å². The van der Waals surface area contributed by atoms with Gasteiger partial charge in [-0.1, -0.05) is 0 Å². The zero-order valence-electron chi connectivity index (χ0n) is 16.1. The van der Waals surface area contributed by atoms with Gasteiger partial charge in [-0.05, 0) is 37.6 Å². The second-order valence-electron chi connectivity index (χ2n) is 6.95. The molecule has 7 heteroatoms. The van der Waals surface area contributed by atoms with Crippen molar-refractivity contribution in [2.75, 3.05) is 13.7 Å². The molecule has 2 unspecified atom stereocenters. The molecule has 2 atom stereocenters. The molecule has 0 aromatic carbocycles. The summed E-state index contributed by atoms with van der Waals surface area (Å²) in [5.74, 6) is 2.77. The van der Waals surface area contributed by atoms with Crippen LogP contribution in [0.3, 0.4) is 0 Å². The highest BCUT2D eigenvalue weighted by Gasteiger charge is 2.40. The Labute approximate surface area is 163 Å². The fraction of sp³-hybridized carbons (Fsp3) is 0.333. The number of hydrogen-bond acceptors (Lipinski definition) is 6. The van der Waals surface area contributed by atoms with Crippen LogP contribution < -0.4 is 9.47 Å². The van der Waals surface area contributed by atoms with E-state index in [1.165, 1.54) is 0 Å². The minimum Gasteiger partial charge on any atom is -0.495 e. The molecule has 3 aromatic heterocycles. The summed E-state index contributed by atoms with van der Waals surface area (Å²) in [6, 6.07) is 9.79. The zero-order chi connectivity index (χ0) is 19.7. The molecule has 0 saturated heterocycles. The van der Waals surface area contributed by atoms with Crippen LogP contribution in [0.1, 0.15) is 29.6 Å². The number of hydrogen-bond donors (Lipinski definition) is 0. The lowest BCUT2D eigenvalue weighted by Crippen LogP contribution is -2.07. The van der Waals surface area contributed by atoms with E-state index in [1.54, 1.807) is 25.6 Å². The Morgan fingerprint density at radius 3 is 2.75 bits per heavy atom. The first-order valence-corrected chi connectivity index (χ1v) is 9.13. The summed E-state index contributed by atoms with van der Waals surface area (Å²) >= 11 is 0. The van der Waals surface area contributed by atoms with Crippen molar-refractivity contribution in [2.24, 2.45) is 13.0 Å². The lowest BCUT2D eigenvalue weighted by Gasteiger charge is -2.12. The Bertz CT molecular complexity index is 1040. The smallest absolute Gasteiger partial charge is 0.226 e. The SMILES string of the molecule is COc1ccc(C2CC2COc2nc(C)ncc2-c2ccc(C#N)n2C)nc1. The fourth-order valence-electron chi connectivity index (χ4n) is 3.34.